The molecule has 0 heterocycles. The van der Waals surface area contributed by atoms with E-state index in [4.69, 9.17) is 10.5 Å². The van der Waals surface area contributed by atoms with E-state index in [9.17, 15) is 8.42 Å². The highest BCUT2D eigenvalue weighted by molar-refractivity contribution is 7.90. The summed E-state index contributed by atoms with van der Waals surface area (Å²) in [6.45, 7) is 1.88. The number of sulfone groups is 1. The van der Waals surface area contributed by atoms with Crippen molar-refractivity contribution < 1.29 is 13.2 Å². The lowest BCUT2D eigenvalue weighted by molar-refractivity contribution is 0.471. The zero-order valence-electron chi connectivity index (χ0n) is 11.4. The van der Waals surface area contributed by atoms with Crippen molar-refractivity contribution in [1.29, 1.82) is 0 Å². The van der Waals surface area contributed by atoms with E-state index in [0.717, 1.165) is 5.56 Å². The van der Waals surface area contributed by atoms with Crippen LogP contribution in [0, 0.1) is 0 Å². The molecule has 0 amide bonds. The Morgan fingerprint density at radius 1 is 1.05 bits per heavy atom. The van der Waals surface area contributed by atoms with E-state index >= 15 is 0 Å². The van der Waals surface area contributed by atoms with E-state index in [2.05, 4.69) is 0 Å². The summed E-state index contributed by atoms with van der Waals surface area (Å²) in [5, 5.41) is 0. The maximum atomic E-state index is 11.4. The van der Waals surface area contributed by atoms with Crippen molar-refractivity contribution in [2.24, 2.45) is 5.73 Å². The van der Waals surface area contributed by atoms with Gasteiger partial charge in [-0.1, -0.05) is 18.2 Å². The Morgan fingerprint density at radius 3 is 2.20 bits per heavy atom. The van der Waals surface area contributed by atoms with Crippen LogP contribution in [0.5, 0.6) is 11.5 Å². The standard InChI is InChI=1S/C15H17NO3S/c1-11(16)14-5-3-4-6-15(14)19-12-7-9-13(10-8-12)20(2,17)18/h3-11H,16H2,1-2H3/t11-/m0/s1. The number of rotatable bonds is 4. The molecule has 0 aliphatic heterocycles. The molecule has 0 aliphatic rings. The Morgan fingerprint density at radius 2 is 1.65 bits per heavy atom. The molecular formula is C15H17NO3S. The van der Waals surface area contributed by atoms with Crippen LogP contribution in [-0.4, -0.2) is 14.7 Å². The van der Waals surface area contributed by atoms with Gasteiger partial charge in [0.05, 0.1) is 4.90 Å². The fraction of sp³-hybridized carbons (Fsp3) is 0.200. The Balaban J connectivity index is 2.27. The quantitative estimate of drug-likeness (QED) is 0.940. The first-order valence-corrected chi connectivity index (χ1v) is 8.09. The number of para-hydroxylation sites is 1. The first-order valence-electron chi connectivity index (χ1n) is 6.20. The molecule has 0 saturated heterocycles. The first-order chi connectivity index (χ1) is 9.38. The van der Waals surface area contributed by atoms with E-state index in [1.54, 1.807) is 12.1 Å². The summed E-state index contributed by atoms with van der Waals surface area (Å²) in [6.07, 6.45) is 1.17. The van der Waals surface area contributed by atoms with Crippen molar-refractivity contribution in [2.45, 2.75) is 17.9 Å². The molecule has 4 nitrogen and oxygen atoms in total. The Bertz CT molecular complexity index is 691. The maximum Gasteiger partial charge on any atom is 0.175 e. The molecular weight excluding hydrogens is 274 g/mol. The lowest BCUT2D eigenvalue weighted by Crippen LogP contribution is -2.06. The van der Waals surface area contributed by atoms with E-state index in [1.165, 1.54) is 18.4 Å². The molecule has 0 fully saturated rings. The summed E-state index contributed by atoms with van der Waals surface area (Å²) in [5.74, 6) is 1.25. The minimum atomic E-state index is -3.19. The zero-order valence-corrected chi connectivity index (χ0v) is 12.2. The second-order valence-electron chi connectivity index (χ2n) is 4.67. The predicted molar refractivity (Wildman–Crippen MR) is 78.7 cm³/mol. The third-order valence-electron chi connectivity index (χ3n) is 2.89. The molecule has 20 heavy (non-hydrogen) atoms. The number of nitrogens with two attached hydrogens (primary N) is 1. The highest BCUT2D eigenvalue weighted by Crippen LogP contribution is 2.29. The Labute approximate surface area is 119 Å². The second kappa shape index (κ2) is 5.64. The fourth-order valence-electron chi connectivity index (χ4n) is 1.83. The Hall–Kier alpha value is -1.85. The van der Waals surface area contributed by atoms with Gasteiger partial charge < -0.3 is 10.5 Å². The van der Waals surface area contributed by atoms with Gasteiger partial charge in [-0.15, -0.1) is 0 Å². The summed E-state index contributed by atoms with van der Waals surface area (Å²) in [7, 11) is -3.19. The minimum Gasteiger partial charge on any atom is -0.457 e. The smallest absolute Gasteiger partial charge is 0.175 e. The molecule has 0 saturated carbocycles. The molecule has 0 unspecified atom stereocenters. The van der Waals surface area contributed by atoms with Gasteiger partial charge in [0, 0.05) is 17.9 Å². The van der Waals surface area contributed by atoms with E-state index in [0.29, 0.717) is 11.5 Å². The van der Waals surface area contributed by atoms with Crippen LogP contribution in [0.1, 0.15) is 18.5 Å². The van der Waals surface area contributed by atoms with Crippen LogP contribution in [0.4, 0.5) is 0 Å². The zero-order chi connectivity index (χ0) is 14.8. The van der Waals surface area contributed by atoms with Crippen LogP contribution in [0.2, 0.25) is 0 Å². The molecule has 2 rings (SSSR count). The third kappa shape index (κ3) is 3.37. The van der Waals surface area contributed by atoms with Gasteiger partial charge >= 0.3 is 0 Å². The molecule has 0 bridgehead atoms. The minimum absolute atomic E-state index is 0.138. The van der Waals surface area contributed by atoms with Gasteiger partial charge in [0.2, 0.25) is 0 Å². The molecule has 106 valence electrons. The summed E-state index contributed by atoms with van der Waals surface area (Å²) < 4.78 is 28.5. The van der Waals surface area contributed by atoms with Crippen LogP contribution in [0.15, 0.2) is 53.4 Å². The summed E-state index contributed by atoms with van der Waals surface area (Å²) in [6, 6.07) is 13.7. The van der Waals surface area contributed by atoms with Crippen LogP contribution in [0.25, 0.3) is 0 Å². The molecule has 2 aromatic rings. The topological polar surface area (TPSA) is 69.4 Å². The summed E-state index contributed by atoms with van der Waals surface area (Å²) in [4.78, 5) is 0.269. The first kappa shape index (κ1) is 14.6. The fourth-order valence-corrected chi connectivity index (χ4v) is 2.46. The molecule has 0 radical (unpaired) electrons. The second-order valence-corrected chi connectivity index (χ2v) is 6.69. The molecule has 0 aromatic heterocycles. The predicted octanol–water partition coefficient (Wildman–Crippen LogP) is 2.90. The normalized spacial score (nSPS) is 12.9. The van der Waals surface area contributed by atoms with Gasteiger partial charge in [0.1, 0.15) is 11.5 Å². The van der Waals surface area contributed by atoms with Crippen molar-refractivity contribution >= 4 is 9.84 Å². The average Bonchev–Trinajstić information content (AvgIpc) is 2.38. The van der Waals surface area contributed by atoms with Crippen molar-refractivity contribution in [3.8, 4) is 11.5 Å². The maximum absolute atomic E-state index is 11.4. The van der Waals surface area contributed by atoms with Gasteiger partial charge in [0.25, 0.3) is 0 Å². The largest absolute Gasteiger partial charge is 0.457 e. The van der Waals surface area contributed by atoms with Gasteiger partial charge in [-0.05, 0) is 37.3 Å². The molecule has 5 heteroatoms. The van der Waals surface area contributed by atoms with E-state index in [-0.39, 0.29) is 10.9 Å². The van der Waals surface area contributed by atoms with Gasteiger partial charge in [-0.2, -0.15) is 0 Å². The van der Waals surface area contributed by atoms with E-state index in [1.807, 2.05) is 31.2 Å². The Kier molecular flexibility index (Phi) is 4.11. The van der Waals surface area contributed by atoms with Crippen molar-refractivity contribution in [2.75, 3.05) is 6.26 Å². The number of hydrogen-bond donors (Lipinski definition) is 1. The highest BCUT2D eigenvalue weighted by atomic mass is 32.2. The molecule has 0 spiro atoms. The number of ether oxygens (including phenoxy) is 1. The number of hydrogen-bond acceptors (Lipinski definition) is 4. The van der Waals surface area contributed by atoms with Gasteiger partial charge in [0.15, 0.2) is 9.84 Å². The van der Waals surface area contributed by atoms with Crippen molar-refractivity contribution in [3.63, 3.8) is 0 Å². The lowest BCUT2D eigenvalue weighted by atomic mass is 10.1. The van der Waals surface area contributed by atoms with Gasteiger partial charge in [-0.25, -0.2) is 8.42 Å². The van der Waals surface area contributed by atoms with Crippen LogP contribution in [0.3, 0.4) is 0 Å². The van der Waals surface area contributed by atoms with Crippen LogP contribution in [-0.2, 0) is 9.84 Å². The van der Waals surface area contributed by atoms with Crippen molar-refractivity contribution in [1.82, 2.24) is 0 Å². The van der Waals surface area contributed by atoms with Crippen LogP contribution >= 0.6 is 0 Å². The lowest BCUT2D eigenvalue weighted by Gasteiger charge is -2.13. The SMILES string of the molecule is C[C@H](N)c1ccccc1Oc1ccc(S(C)(=O)=O)cc1. The molecule has 2 N–H and O–H groups in total. The molecule has 2 aromatic carbocycles. The van der Waals surface area contributed by atoms with E-state index < -0.39 is 9.84 Å². The third-order valence-corrected chi connectivity index (χ3v) is 4.02. The molecule has 1 atom stereocenters. The average molecular weight is 291 g/mol. The monoisotopic (exact) mass is 291 g/mol. The van der Waals surface area contributed by atoms with Gasteiger partial charge in [-0.3, -0.25) is 0 Å². The number of benzene rings is 2. The van der Waals surface area contributed by atoms with Crippen LogP contribution < -0.4 is 10.5 Å². The van der Waals surface area contributed by atoms with Crippen molar-refractivity contribution in [3.05, 3.63) is 54.1 Å². The molecule has 0 aliphatic carbocycles. The highest BCUT2D eigenvalue weighted by Gasteiger charge is 2.10. The summed E-state index contributed by atoms with van der Waals surface area (Å²) in [5.41, 5.74) is 6.79. The summed E-state index contributed by atoms with van der Waals surface area (Å²) >= 11 is 0.